The Bertz CT molecular complexity index is 950. The van der Waals surface area contributed by atoms with Gasteiger partial charge in [0.1, 0.15) is 17.9 Å². The Kier molecular flexibility index (Phi) is 6.64. The van der Waals surface area contributed by atoms with E-state index in [4.69, 9.17) is 10.5 Å². The second kappa shape index (κ2) is 9.16. The first-order valence-electron chi connectivity index (χ1n) is 9.49. The highest BCUT2D eigenvalue weighted by Gasteiger charge is 2.17. The van der Waals surface area contributed by atoms with Crippen molar-refractivity contribution < 1.29 is 9.53 Å². The van der Waals surface area contributed by atoms with E-state index in [1.807, 2.05) is 38.3 Å². The monoisotopic (exact) mass is 401 g/mol. The molecule has 28 heavy (non-hydrogen) atoms. The maximum Gasteiger partial charge on any atom is 0.225 e. The summed E-state index contributed by atoms with van der Waals surface area (Å²) in [5.41, 5.74) is 9.81. The summed E-state index contributed by atoms with van der Waals surface area (Å²) in [6.45, 7) is 8.33. The van der Waals surface area contributed by atoms with E-state index in [1.54, 1.807) is 11.3 Å². The van der Waals surface area contributed by atoms with Gasteiger partial charge in [-0.05, 0) is 44.2 Å². The van der Waals surface area contributed by atoms with Crippen LogP contribution in [0, 0.1) is 13.8 Å². The van der Waals surface area contributed by atoms with Gasteiger partial charge in [-0.25, -0.2) is 9.97 Å². The Morgan fingerprint density at radius 3 is 2.89 bits per heavy atom. The minimum absolute atomic E-state index is 0.0490. The maximum absolute atomic E-state index is 12.1. The van der Waals surface area contributed by atoms with Crippen molar-refractivity contribution in [3.05, 3.63) is 39.5 Å². The molecule has 0 saturated heterocycles. The van der Waals surface area contributed by atoms with Gasteiger partial charge < -0.3 is 20.4 Å². The molecular weight excluding hydrogens is 374 g/mol. The molecule has 1 amide bonds. The van der Waals surface area contributed by atoms with Crippen molar-refractivity contribution in [3.8, 4) is 0 Å². The molecule has 0 atom stereocenters. The SMILES string of the molecule is CCOCc1nc2c(N)nc(C)c(C)c2n1CCCNC(=O)Cc1cccs1. The lowest BCUT2D eigenvalue weighted by molar-refractivity contribution is -0.120. The number of amides is 1. The molecule has 0 spiro atoms. The number of carbonyl (C=O) groups is 1. The molecule has 0 aliphatic heterocycles. The number of pyridine rings is 1. The van der Waals surface area contributed by atoms with E-state index in [0.717, 1.165) is 46.0 Å². The zero-order valence-electron chi connectivity index (χ0n) is 16.6. The second-order valence-corrected chi connectivity index (χ2v) is 7.71. The van der Waals surface area contributed by atoms with E-state index in [-0.39, 0.29) is 5.91 Å². The van der Waals surface area contributed by atoms with Crippen molar-refractivity contribution in [1.29, 1.82) is 0 Å². The molecule has 0 saturated carbocycles. The Balaban J connectivity index is 1.71. The van der Waals surface area contributed by atoms with Gasteiger partial charge >= 0.3 is 0 Å². The first-order chi connectivity index (χ1) is 13.5. The summed E-state index contributed by atoms with van der Waals surface area (Å²) in [6.07, 6.45) is 1.23. The van der Waals surface area contributed by atoms with Gasteiger partial charge in [-0.2, -0.15) is 0 Å². The van der Waals surface area contributed by atoms with Crippen molar-refractivity contribution in [3.63, 3.8) is 0 Å². The molecule has 7 nitrogen and oxygen atoms in total. The van der Waals surface area contributed by atoms with Crippen LogP contribution in [0.1, 0.15) is 35.3 Å². The number of imidazole rings is 1. The minimum Gasteiger partial charge on any atom is -0.382 e. The average Bonchev–Trinajstić information content (AvgIpc) is 3.29. The van der Waals surface area contributed by atoms with E-state index >= 15 is 0 Å². The fraction of sp³-hybridized carbons (Fsp3) is 0.450. The molecule has 150 valence electrons. The van der Waals surface area contributed by atoms with Crippen LogP contribution in [0.5, 0.6) is 0 Å². The van der Waals surface area contributed by atoms with Gasteiger partial charge in [-0.3, -0.25) is 4.79 Å². The molecule has 3 N–H and O–H groups in total. The predicted octanol–water partition coefficient (Wildman–Crippen LogP) is 2.98. The zero-order valence-corrected chi connectivity index (χ0v) is 17.4. The lowest BCUT2D eigenvalue weighted by Gasteiger charge is -2.12. The predicted molar refractivity (Wildman–Crippen MR) is 112 cm³/mol. The molecule has 3 aromatic heterocycles. The second-order valence-electron chi connectivity index (χ2n) is 6.68. The number of hydrogen-bond donors (Lipinski definition) is 2. The van der Waals surface area contributed by atoms with E-state index in [9.17, 15) is 4.79 Å². The number of fused-ring (bicyclic) bond motifs is 1. The largest absolute Gasteiger partial charge is 0.382 e. The van der Waals surface area contributed by atoms with Gasteiger partial charge in [-0.15, -0.1) is 11.3 Å². The van der Waals surface area contributed by atoms with Crippen molar-refractivity contribution in [2.75, 3.05) is 18.9 Å². The molecular formula is C20H27N5O2S. The van der Waals surface area contributed by atoms with Crippen LogP contribution in [-0.4, -0.2) is 33.6 Å². The van der Waals surface area contributed by atoms with Crippen LogP contribution >= 0.6 is 11.3 Å². The Labute approximate surface area is 168 Å². The van der Waals surface area contributed by atoms with Gasteiger partial charge in [0, 0.05) is 30.3 Å². The fourth-order valence-corrected chi connectivity index (χ4v) is 3.89. The molecule has 8 heteroatoms. The van der Waals surface area contributed by atoms with Crippen LogP contribution in [0.25, 0.3) is 11.0 Å². The third-order valence-corrected chi connectivity index (χ3v) is 5.58. The summed E-state index contributed by atoms with van der Waals surface area (Å²) >= 11 is 1.60. The third-order valence-electron chi connectivity index (χ3n) is 4.71. The zero-order chi connectivity index (χ0) is 20.1. The molecule has 3 rings (SSSR count). The highest BCUT2D eigenvalue weighted by atomic mass is 32.1. The lowest BCUT2D eigenvalue weighted by Crippen LogP contribution is -2.26. The Hall–Kier alpha value is -2.45. The number of ether oxygens (including phenoxy) is 1. The Morgan fingerprint density at radius 2 is 2.18 bits per heavy atom. The number of carbonyl (C=O) groups excluding carboxylic acids is 1. The third kappa shape index (κ3) is 4.51. The normalized spacial score (nSPS) is 11.2. The van der Waals surface area contributed by atoms with Crippen LogP contribution in [0.15, 0.2) is 17.5 Å². The number of nitrogens with zero attached hydrogens (tertiary/aromatic N) is 3. The molecule has 0 aromatic carbocycles. The molecule has 3 heterocycles. The number of anilines is 1. The molecule has 0 aliphatic carbocycles. The average molecular weight is 402 g/mol. The van der Waals surface area contributed by atoms with Crippen LogP contribution in [0.3, 0.4) is 0 Å². The first kappa shape index (κ1) is 20.3. The number of nitrogens with one attached hydrogen (secondary N) is 1. The summed E-state index contributed by atoms with van der Waals surface area (Å²) in [5, 5.41) is 4.98. The number of thiophene rings is 1. The molecule has 0 radical (unpaired) electrons. The van der Waals surface area contributed by atoms with Crippen molar-refractivity contribution in [2.24, 2.45) is 0 Å². The van der Waals surface area contributed by atoms with Gasteiger partial charge in [0.05, 0.1) is 11.9 Å². The standard InChI is InChI=1S/C20H27N5O2S/c1-4-27-12-16-24-18-19(13(2)14(3)23-20(18)21)25(16)9-6-8-22-17(26)11-15-7-5-10-28-15/h5,7,10H,4,6,8-9,11-12H2,1-3H3,(H2,21,23)(H,22,26). The summed E-state index contributed by atoms with van der Waals surface area (Å²) < 4.78 is 7.74. The number of aryl methyl sites for hydroxylation is 3. The first-order valence-corrected chi connectivity index (χ1v) is 10.4. The van der Waals surface area contributed by atoms with E-state index < -0.39 is 0 Å². The number of nitrogens with two attached hydrogens (primary N) is 1. The van der Waals surface area contributed by atoms with Crippen LogP contribution < -0.4 is 11.1 Å². The van der Waals surface area contributed by atoms with E-state index in [0.29, 0.717) is 32.0 Å². The quantitative estimate of drug-likeness (QED) is 0.538. The van der Waals surface area contributed by atoms with Crippen molar-refractivity contribution >= 4 is 34.1 Å². The summed E-state index contributed by atoms with van der Waals surface area (Å²) in [5.74, 6) is 1.33. The smallest absolute Gasteiger partial charge is 0.225 e. The molecule has 3 aromatic rings. The summed E-state index contributed by atoms with van der Waals surface area (Å²) in [4.78, 5) is 22.2. The van der Waals surface area contributed by atoms with Gasteiger partial charge in [0.25, 0.3) is 0 Å². The molecule has 0 aliphatic rings. The topological polar surface area (TPSA) is 95.1 Å². The van der Waals surface area contributed by atoms with Gasteiger partial charge in [0.15, 0.2) is 5.82 Å². The molecule has 0 fully saturated rings. The highest BCUT2D eigenvalue weighted by molar-refractivity contribution is 7.10. The Morgan fingerprint density at radius 1 is 1.36 bits per heavy atom. The van der Waals surface area contributed by atoms with Crippen LogP contribution in [0.4, 0.5) is 5.82 Å². The lowest BCUT2D eigenvalue weighted by atomic mass is 10.2. The number of hydrogen-bond acceptors (Lipinski definition) is 6. The molecule has 0 unspecified atom stereocenters. The van der Waals surface area contributed by atoms with Crippen LogP contribution in [-0.2, 0) is 29.1 Å². The summed E-state index contributed by atoms with van der Waals surface area (Å²) in [7, 11) is 0. The molecule has 0 bridgehead atoms. The maximum atomic E-state index is 12.1. The minimum atomic E-state index is 0.0490. The van der Waals surface area contributed by atoms with Crippen molar-refractivity contribution in [1.82, 2.24) is 19.9 Å². The summed E-state index contributed by atoms with van der Waals surface area (Å²) in [6, 6.07) is 3.94. The van der Waals surface area contributed by atoms with Gasteiger partial charge in [0.2, 0.25) is 5.91 Å². The number of rotatable bonds is 9. The van der Waals surface area contributed by atoms with Crippen molar-refractivity contribution in [2.45, 2.75) is 46.8 Å². The van der Waals surface area contributed by atoms with E-state index in [1.165, 1.54) is 0 Å². The number of aromatic nitrogens is 3. The van der Waals surface area contributed by atoms with Crippen LogP contribution in [0.2, 0.25) is 0 Å². The highest BCUT2D eigenvalue weighted by Crippen LogP contribution is 2.26. The van der Waals surface area contributed by atoms with Gasteiger partial charge in [-0.1, -0.05) is 6.07 Å². The van der Waals surface area contributed by atoms with E-state index in [2.05, 4.69) is 19.9 Å². The fourth-order valence-electron chi connectivity index (χ4n) is 3.19. The number of nitrogen functional groups attached to an aromatic ring is 1.